The normalized spacial score (nSPS) is 13.5. The standard InChI is InChI=1S/C26H24N4O3S/c1-17-7-12-20-23(15-17)34-25(28-20)18-8-10-19(11-9-18)27-24(31)16-29-13-14-30(26(29)32)21-5-3-4-6-22(21)33-2/h3-12,15H,13-14,16H2,1-2H3,(H,27,31). The van der Waals surface area contributed by atoms with Gasteiger partial charge in [-0.25, -0.2) is 9.78 Å². The molecule has 0 bridgehead atoms. The number of aryl methyl sites for hydroxylation is 1. The summed E-state index contributed by atoms with van der Waals surface area (Å²) in [5, 5.41) is 3.83. The van der Waals surface area contributed by atoms with E-state index in [-0.39, 0.29) is 18.5 Å². The number of hydrogen-bond donors (Lipinski definition) is 1. The summed E-state index contributed by atoms with van der Waals surface area (Å²) in [4.78, 5) is 33.4. The second-order valence-corrected chi connectivity index (χ2v) is 9.17. The van der Waals surface area contributed by atoms with Crippen molar-refractivity contribution >= 4 is 44.9 Å². The van der Waals surface area contributed by atoms with Gasteiger partial charge in [0.25, 0.3) is 0 Å². The summed E-state index contributed by atoms with van der Waals surface area (Å²) >= 11 is 1.65. The lowest BCUT2D eigenvalue weighted by atomic mass is 10.2. The highest BCUT2D eigenvalue weighted by atomic mass is 32.1. The van der Waals surface area contributed by atoms with Crippen LogP contribution in [0.15, 0.2) is 66.7 Å². The summed E-state index contributed by atoms with van der Waals surface area (Å²) in [6, 6.07) is 21.0. The topological polar surface area (TPSA) is 74.8 Å². The number of fused-ring (bicyclic) bond motifs is 1. The van der Waals surface area contributed by atoms with Crippen molar-refractivity contribution in [2.24, 2.45) is 0 Å². The molecule has 1 saturated heterocycles. The van der Waals surface area contributed by atoms with Gasteiger partial charge in [-0.1, -0.05) is 18.2 Å². The van der Waals surface area contributed by atoms with E-state index >= 15 is 0 Å². The van der Waals surface area contributed by atoms with E-state index in [0.717, 1.165) is 20.8 Å². The zero-order valence-electron chi connectivity index (χ0n) is 18.9. The Hall–Kier alpha value is -3.91. The average Bonchev–Trinajstić information content (AvgIpc) is 3.42. The van der Waals surface area contributed by atoms with Crippen LogP contribution < -0.4 is 15.0 Å². The number of para-hydroxylation sites is 2. The van der Waals surface area contributed by atoms with Crippen LogP contribution >= 0.6 is 11.3 Å². The summed E-state index contributed by atoms with van der Waals surface area (Å²) in [6.07, 6.45) is 0. The number of methoxy groups -OCH3 is 1. The van der Waals surface area contributed by atoms with Crippen molar-refractivity contribution in [3.63, 3.8) is 0 Å². The van der Waals surface area contributed by atoms with Gasteiger partial charge < -0.3 is 15.0 Å². The quantitative estimate of drug-likeness (QED) is 0.421. The van der Waals surface area contributed by atoms with Crippen LogP contribution in [0, 0.1) is 6.92 Å². The predicted octanol–water partition coefficient (Wildman–Crippen LogP) is 5.16. The summed E-state index contributed by atoms with van der Waals surface area (Å²) in [5.41, 5.74) is 4.58. The maximum absolute atomic E-state index is 12.9. The Labute approximate surface area is 201 Å². The van der Waals surface area contributed by atoms with Crippen LogP contribution in [0.2, 0.25) is 0 Å². The lowest BCUT2D eigenvalue weighted by Gasteiger charge is -2.20. The SMILES string of the molecule is COc1ccccc1N1CCN(CC(=O)Nc2ccc(-c3nc4ccc(C)cc4s3)cc2)C1=O. The third kappa shape index (κ3) is 4.32. The molecular weight excluding hydrogens is 448 g/mol. The fourth-order valence-corrected chi connectivity index (χ4v) is 5.10. The Kier molecular flexibility index (Phi) is 5.90. The predicted molar refractivity (Wildman–Crippen MR) is 136 cm³/mol. The lowest BCUT2D eigenvalue weighted by Crippen LogP contribution is -2.37. The first-order valence-corrected chi connectivity index (χ1v) is 11.8. The van der Waals surface area contributed by atoms with Crippen molar-refractivity contribution in [2.45, 2.75) is 6.92 Å². The van der Waals surface area contributed by atoms with Crippen LogP contribution in [-0.2, 0) is 4.79 Å². The number of carbonyl (C=O) groups excluding carboxylic acids is 2. The summed E-state index contributed by atoms with van der Waals surface area (Å²) in [5.74, 6) is 0.393. The number of rotatable bonds is 6. The van der Waals surface area contributed by atoms with E-state index in [4.69, 9.17) is 9.72 Å². The van der Waals surface area contributed by atoms with Crippen molar-refractivity contribution in [3.05, 3.63) is 72.3 Å². The second kappa shape index (κ2) is 9.15. The Morgan fingerprint density at radius 2 is 1.88 bits per heavy atom. The van der Waals surface area contributed by atoms with E-state index in [1.54, 1.807) is 28.2 Å². The molecule has 1 aliphatic heterocycles. The summed E-state index contributed by atoms with van der Waals surface area (Å²) in [7, 11) is 1.58. The highest BCUT2D eigenvalue weighted by molar-refractivity contribution is 7.21. The van der Waals surface area contributed by atoms with Crippen molar-refractivity contribution < 1.29 is 14.3 Å². The Bertz CT molecular complexity index is 1370. The number of thiazole rings is 1. The zero-order chi connectivity index (χ0) is 23.7. The monoisotopic (exact) mass is 472 g/mol. The highest BCUT2D eigenvalue weighted by Gasteiger charge is 2.32. The van der Waals surface area contributed by atoms with E-state index in [1.807, 2.05) is 54.6 Å². The molecule has 1 aliphatic rings. The third-order valence-electron chi connectivity index (χ3n) is 5.76. The van der Waals surface area contributed by atoms with Crippen molar-refractivity contribution in [3.8, 4) is 16.3 Å². The molecule has 2 heterocycles. The van der Waals surface area contributed by atoms with Gasteiger partial charge in [-0.2, -0.15) is 0 Å². The molecule has 34 heavy (non-hydrogen) atoms. The first kappa shape index (κ1) is 21.9. The molecule has 0 spiro atoms. The van der Waals surface area contributed by atoms with Crippen LogP contribution in [0.3, 0.4) is 0 Å². The van der Waals surface area contributed by atoms with Gasteiger partial charge in [0, 0.05) is 24.3 Å². The number of urea groups is 1. The van der Waals surface area contributed by atoms with Crippen LogP contribution in [0.1, 0.15) is 5.56 Å². The number of aromatic nitrogens is 1. The van der Waals surface area contributed by atoms with E-state index in [1.165, 1.54) is 5.56 Å². The van der Waals surface area contributed by atoms with Gasteiger partial charge in [-0.3, -0.25) is 9.69 Å². The molecule has 1 N–H and O–H groups in total. The summed E-state index contributed by atoms with van der Waals surface area (Å²) < 4.78 is 6.53. The van der Waals surface area contributed by atoms with Crippen molar-refractivity contribution in [1.82, 2.24) is 9.88 Å². The molecule has 0 unspecified atom stereocenters. The first-order chi connectivity index (χ1) is 16.5. The van der Waals surface area contributed by atoms with Crippen molar-refractivity contribution in [2.75, 3.05) is 37.0 Å². The number of nitrogens with zero attached hydrogens (tertiary/aromatic N) is 3. The van der Waals surface area contributed by atoms with Gasteiger partial charge in [0.15, 0.2) is 0 Å². The minimum atomic E-state index is -0.238. The number of benzene rings is 3. The minimum absolute atomic E-state index is 0.0105. The van der Waals surface area contributed by atoms with Crippen LogP contribution in [0.4, 0.5) is 16.2 Å². The molecule has 3 aromatic carbocycles. The Balaban J connectivity index is 1.22. The van der Waals surface area contributed by atoms with Crippen LogP contribution in [-0.4, -0.2) is 48.6 Å². The van der Waals surface area contributed by atoms with E-state index in [2.05, 4.69) is 24.4 Å². The molecule has 4 aromatic rings. The molecule has 0 saturated carbocycles. The van der Waals surface area contributed by atoms with E-state index in [9.17, 15) is 9.59 Å². The molecule has 1 fully saturated rings. The molecule has 5 rings (SSSR count). The molecule has 3 amide bonds. The number of nitrogens with one attached hydrogen (secondary N) is 1. The Morgan fingerprint density at radius 1 is 1.09 bits per heavy atom. The second-order valence-electron chi connectivity index (χ2n) is 8.14. The molecular formula is C26H24N4O3S. The molecule has 0 atom stereocenters. The highest BCUT2D eigenvalue weighted by Crippen LogP contribution is 2.32. The number of anilines is 2. The molecule has 1 aromatic heterocycles. The van der Waals surface area contributed by atoms with E-state index in [0.29, 0.717) is 30.2 Å². The molecule has 172 valence electrons. The number of amides is 3. The fraction of sp³-hybridized carbons (Fsp3) is 0.192. The molecule has 7 nitrogen and oxygen atoms in total. The number of ether oxygens (including phenoxy) is 1. The van der Waals surface area contributed by atoms with E-state index < -0.39 is 0 Å². The summed E-state index contributed by atoms with van der Waals surface area (Å²) in [6.45, 7) is 3.04. The first-order valence-electron chi connectivity index (χ1n) is 11.0. The van der Waals surface area contributed by atoms with Crippen molar-refractivity contribution in [1.29, 1.82) is 0 Å². The minimum Gasteiger partial charge on any atom is -0.495 e. The lowest BCUT2D eigenvalue weighted by molar-refractivity contribution is -0.116. The van der Waals surface area contributed by atoms with Crippen LogP contribution in [0.5, 0.6) is 5.75 Å². The van der Waals surface area contributed by atoms with Gasteiger partial charge in [0.2, 0.25) is 5.91 Å². The van der Waals surface area contributed by atoms with Gasteiger partial charge >= 0.3 is 6.03 Å². The third-order valence-corrected chi connectivity index (χ3v) is 6.83. The molecule has 8 heteroatoms. The Morgan fingerprint density at radius 3 is 2.68 bits per heavy atom. The van der Waals surface area contributed by atoms with Gasteiger partial charge in [0.05, 0.1) is 23.0 Å². The van der Waals surface area contributed by atoms with Gasteiger partial charge in [0.1, 0.15) is 17.3 Å². The number of carbonyl (C=O) groups is 2. The maximum atomic E-state index is 12.9. The fourth-order valence-electron chi connectivity index (χ4n) is 4.03. The molecule has 0 aliphatic carbocycles. The average molecular weight is 473 g/mol. The van der Waals surface area contributed by atoms with Crippen LogP contribution in [0.25, 0.3) is 20.8 Å². The largest absolute Gasteiger partial charge is 0.495 e. The number of hydrogen-bond acceptors (Lipinski definition) is 5. The maximum Gasteiger partial charge on any atom is 0.325 e. The smallest absolute Gasteiger partial charge is 0.325 e. The zero-order valence-corrected chi connectivity index (χ0v) is 19.8. The molecule has 0 radical (unpaired) electrons. The van der Waals surface area contributed by atoms with Gasteiger partial charge in [-0.15, -0.1) is 11.3 Å². The van der Waals surface area contributed by atoms with Gasteiger partial charge in [-0.05, 0) is 61.0 Å².